The first kappa shape index (κ1) is 30.1. The normalized spacial score (nSPS) is 14.9. The topological polar surface area (TPSA) is 128 Å². The maximum Gasteiger partial charge on any atom is 0.407 e. The summed E-state index contributed by atoms with van der Waals surface area (Å²) in [5.74, 6) is -1.34. The van der Waals surface area contributed by atoms with Gasteiger partial charge in [0, 0.05) is 25.3 Å². The van der Waals surface area contributed by atoms with E-state index >= 15 is 0 Å². The van der Waals surface area contributed by atoms with Gasteiger partial charge in [-0.2, -0.15) is 0 Å². The van der Waals surface area contributed by atoms with Gasteiger partial charge in [-0.3, -0.25) is 14.5 Å². The molecule has 0 aromatic heterocycles. The number of urea groups is 1. The summed E-state index contributed by atoms with van der Waals surface area (Å²) in [7, 11) is 0. The Balaban J connectivity index is 1.56. The molecule has 3 aromatic rings. The highest BCUT2D eigenvalue weighted by molar-refractivity contribution is 6.09. The number of rotatable bonds is 8. The number of alkyl carbamates (subject to hydrolysis) is 1. The van der Waals surface area contributed by atoms with E-state index in [1.165, 1.54) is 4.90 Å². The molecule has 0 radical (unpaired) electrons. The van der Waals surface area contributed by atoms with Crippen LogP contribution in [-0.4, -0.2) is 58.7 Å². The average molecular weight is 573 g/mol. The summed E-state index contributed by atoms with van der Waals surface area (Å²) < 4.78 is 5.28. The van der Waals surface area contributed by atoms with Crippen molar-refractivity contribution in [2.75, 3.05) is 23.3 Å². The summed E-state index contributed by atoms with van der Waals surface area (Å²) >= 11 is 0. The molecule has 1 aliphatic heterocycles. The molecule has 1 aliphatic rings. The molecule has 3 aromatic carbocycles. The minimum Gasteiger partial charge on any atom is -0.481 e. The van der Waals surface area contributed by atoms with Gasteiger partial charge in [0.1, 0.15) is 5.60 Å². The lowest BCUT2D eigenvalue weighted by atomic mass is 10.1. The number of aliphatic carboxylic acids is 1. The highest BCUT2D eigenvalue weighted by atomic mass is 16.6. The van der Waals surface area contributed by atoms with E-state index in [2.05, 4.69) is 10.6 Å². The lowest BCUT2D eigenvalue weighted by Gasteiger charge is -2.31. The zero-order chi connectivity index (χ0) is 30.3. The Labute approximate surface area is 245 Å². The van der Waals surface area contributed by atoms with Crippen molar-refractivity contribution in [1.29, 1.82) is 0 Å². The summed E-state index contributed by atoms with van der Waals surface area (Å²) in [5, 5.41) is 15.3. The molecule has 0 aliphatic carbocycles. The Morgan fingerprint density at radius 1 is 0.952 bits per heavy atom. The third kappa shape index (κ3) is 8.09. The van der Waals surface area contributed by atoms with E-state index < -0.39 is 29.7 Å². The summed E-state index contributed by atoms with van der Waals surface area (Å²) in [6.45, 7) is 5.93. The van der Waals surface area contributed by atoms with Gasteiger partial charge >= 0.3 is 18.1 Å². The van der Waals surface area contributed by atoms with Gasteiger partial charge in [-0.05, 0) is 62.6 Å². The number of amides is 4. The van der Waals surface area contributed by atoms with E-state index in [4.69, 9.17) is 4.74 Å². The molecule has 220 valence electrons. The molecule has 4 rings (SSSR count). The minimum atomic E-state index is -1.08. The minimum absolute atomic E-state index is 0.0555. The van der Waals surface area contributed by atoms with E-state index in [1.807, 2.05) is 30.3 Å². The molecule has 0 saturated heterocycles. The van der Waals surface area contributed by atoms with Crippen LogP contribution in [0.4, 0.5) is 21.0 Å². The predicted molar refractivity (Wildman–Crippen MR) is 160 cm³/mol. The zero-order valence-electron chi connectivity index (χ0n) is 24.0. The predicted octanol–water partition coefficient (Wildman–Crippen LogP) is 5.29. The van der Waals surface area contributed by atoms with Crippen molar-refractivity contribution in [3.05, 3.63) is 95.6 Å². The van der Waals surface area contributed by atoms with E-state index in [-0.39, 0.29) is 25.4 Å². The fourth-order valence-corrected chi connectivity index (χ4v) is 4.82. The van der Waals surface area contributed by atoms with Crippen LogP contribution in [0.5, 0.6) is 0 Å². The average Bonchev–Trinajstić information content (AvgIpc) is 3.04. The Morgan fingerprint density at radius 3 is 2.36 bits per heavy atom. The van der Waals surface area contributed by atoms with Crippen LogP contribution in [0.25, 0.3) is 0 Å². The Bertz CT molecular complexity index is 1440. The maximum absolute atomic E-state index is 13.8. The van der Waals surface area contributed by atoms with Crippen molar-refractivity contribution in [3.8, 4) is 0 Å². The summed E-state index contributed by atoms with van der Waals surface area (Å²) in [6, 6.07) is 22.0. The number of carboxylic acid groups (broad SMARTS) is 1. The number of fused-ring (bicyclic) bond motifs is 1. The van der Waals surface area contributed by atoms with Crippen LogP contribution in [0.1, 0.15) is 48.7 Å². The van der Waals surface area contributed by atoms with Gasteiger partial charge in [-0.1, -0.05) is 54.6 Å². The number of benzene rings is 3. The van der Waals surface area contributed by atoms with E-state index in [0.29, 0.717) is 29.9 Å². The molecule has 1 atom stereocenters. The third-order valence-electron chi connectivity index (χ3n) is 6.63. The fraction of sp³-hybridized carbons (Fsp3) is 0.312. The quantitative estimate of drug-likeness (QED) is 0.336. The zero-order valence-corrected chi connectivity index (χ0v) is 24.0. The van der Waals surface area contributed by atoms with E-state index in [0.717, 1.165) is 11.1 Å². The molecule has 0 fully saturated rings. The summed E-state index contributed by atoms with van der Waals surface area (Å²) in [6.07, 6.45) is -0.321. The van der Waals surface area contributed by atoms with E-state index in [1.54, 1.807) is 74.2 Å². The lowest BCUT2D eigenvalue weighted by Crippen LogP contribution is -2.49. The molecule has 1 heterocycles. The number of anilines is 2. The van der Waals surface area contributed by atoms with Crippen LogP contribution in [0.15, 0.2) is 78.9 Å². The SMILES string of the molecule is CC(C)(C)OC(=O)NCc1cccc(NC(=O)N2c3ccccc3C(=O)N(CCc3ccccc3)CC2CC(=O)O)c1. The van der Waals surface area contributed by atoms with Crippen LogP contribution >= 0.6 is 0 Å². The molecule has 3 N–H and O–H groups in total. The number of carboxylic acids is 1. The fourth-order valence-electron chi connectivity index (χ4n) is 4.82. The van der Waals surface area contributed by atoms with Gasteiger partial charge in [0.2, 0.25) is 0 Å². The Kier molecular flexibility index (Phi) is 9.46. The number of nitrogens with one attached hydrogen (secondary N) is 2. The first-order valence-electron chi connectivity index (χ1n) is 13.8. The highest BCUT2D eigenvalue weighted by Crippen LogP contribution is 2.30. The number of para-hydroxylation sites is 1. The van der Waals surface area contributed by atoms with Crippen LogP contribution < -0.4 is 15.5 Å². The van der Waals surface area contributed by atoms with Crippen molar-refractivity contribution >= 4 is 35.4 Å². The van der Waals surface area contributed by atoms with Crippen LogP contribution in [-0.2, 0) is 22.5 Å². The van der Waals surface area contributed by atoms with Crippen LogP contribution in [0, 0.1) is 0 Å². The second kappa shape index (κ2) is 13.2. The molecule has 1 unspecified atom stereocenters. The molecule has 0 spiro atoms. The summed E-state index contributed by atoms with van der Waals surface area (Å²) in [5.41, 5.74) is 2.26. The Morgan fingerprint density at radius 2 is 1.64 bits per heavy atom. The van der Waals surface area contributed by atoms with Gasteiger partial charge in [0.25, 0.3) is 5.91 Å². The standard InChI is InChI=1S/C32H36N4O6/c1-32(2,3)42-31(41)33-20-23-12-9-13-24(18-23)34-30(40)36-25(19-28(37)38)21-35(17-16-22-10-5-4-6-11-22)29(39)26-14-7-8-15-27(26)36/h4-15,18,25H,16-17,19-21H2,1-3H3,(H,33,41)(H,34,40)(H,37,38). The smallest absolute Gasteiger partial charge is 0.407 e. The maximum atomic E-state index is 13.8. The number of hydrogen-bond acceptors (Lipinski definition) is 5. The molecule has 4 amide bonds. The van der Waals surface area contributed by atoms with Crippen molar-refractivity contribution in [1.82, 2.24) is 10.2 Å². The molecule has 10 heteroatoms. The number of ether oxygens (including phenoxy) is 1. The van der Waals surface area contributed by atoms with Crippen LogP contribution in [0.3, 0.4) is 0 Å². The second-order valence-electron chi connectivity index (χ2n) is 11.1. The summed E-state index contributed by atoms with van der Waals surface area (Å²) in [4.78, 5) is 54.4. The van der Waals surface area contributed by atoms with Gasteiger partial charge in [-0.25, -0.2) is 9.59 Å². The van der Waals surface area contributed by atoms with Crippen molar-refractivity contribution in [2.45, 2.75) is 51.8 Å². The first-order chi connectivity index (χ1) is 20.0. The molecular weight excluding hydrogens is 536 g/mol. The lowest BCUT2D eigenvalue weighted by molar-refractivity contribution is -0.137. The largest absolute Gasteiger partial charge is 0.481 e. The number of carbonyl (C=O) groups is 4. The van der Waals surface area contributed by atoms with Crippen molar-refractivity contribution < 1.29 is 29.0 Å². The second-order valence-corrected chi connectivity index (χ2v) is 11.1. The molecule has 10 nitrogen and oxygen atoms in total. The van der Waals surface area contributed by atoms with Crippen molar-refractivity contribution in [3.63, 3.8) is 0 Å². The number of hydrogen-bond donors (Lipinski definition) is 3. The molecule has 0 saturated carbocycles. The number of carbonyl (C=O) groups excluding carboxylic acids is 3. The molecular formula is C32H36N4O6. The van der Waals surface area contributed by atoms with E-state index in [9.17, 15) is 24.3 Å². The van der Waals surface area contributed by atoms with Gasteiger partial charge in [-0.15, -0.1) is 0 Å². The van der Waals surface area contributed by atoms with Gasteiger partial charge in [0.15, 0.2) is 0 Å². The third-order valence-corrected chi connectivity index (χ3v) is 6.63. The van der Waals surface area contributed by atoms with Gasteiger partial charge in [0.05, 0.1) is 23.7 Å². The van der Waals surface area contributed by atoms with Crippen LogP contribution in [0.2, 0.25) is 0 Å². The van der Waals surface area contributed by atoms with Gasteiger partial charge < -0.3 is 25.4 Å². The van der Waals surface area contributed by atoms with Crippen molar-refractivity contribution in [2.24, 2.45) is 0 Å². The number of nitrogens with zero attached hydrogens (tertiary/aromatic N) is 2. The molecule has 42 heavy (non-hydrogen) atoms. The Hall–Kier alpha value is -4.86. The monoisotopic (exact) mass is 572 g/mol. The highest BCUT2D eigenvalue weighted by Gasteiger charge is 2.37. The first-order valence-corrected chi connectivity index (χ1v) is 13.8. The molecule has 0 bridgehead atoms.